The fourth-order valence-electron chi connectivity index (χ4n) is 4.46. The molecule has 7 nitrogen and oxygen atoms in total. The summed E-state index contributed by atoms with van der Waals surface area (Å²) >= 11 is 0. The number of halogens is 9. The van der Waals surface area contributed by atoms with Gasteiger partial charge in [0.05, 0.1) is 0 Å². The van der Waals surface area contributed by atoms with Gasteiger partial charge in [-0.15, -0.1) is 35.0 Å². The molecule has 2 N–H and O–H groups in total. The fourth-order valence-corrected chi connectivity index (χ4v) is 4.46. The zero-order chi connectivity index (χ0) is 26.5. The highest BCUT2D eigenvalue weighted by molar-refractivity contribution is 5.86. The fraction of sp³-hybridized carbons (Fsp3) is 0.348. The highest BCUT2D eigenvalue weighted by Gasteiger charge is 2.46. The van der Waals surface area contributed by atoms with Crippen LogP contribution in [0.2, 0.25) is 0 Å². The second kappa shape index (κ2) is 11.3. The number of hydrogen-bond acceptors (Lipinski definition) is 6. The van der Waals surface area contributed by atoms with Crippen LogP contribution in [0.25, 0.3) is 28.1 Å². The minimum Gasteiger partial charge on any atom is -0.482 e. The first-order valence-corrected chi connectivity index (χ1v) is 11.1. The zero-order valence-corrected chi connectivity index (χ0v) is 21.3. The number of rotatable bonds is 5. The standard InChI is InChI=1S/C23H19F7N6O.2ClH/c24-14-7-12-1-3-16(32-19(12)17(8-14)37-11-22(25,26)27)21-34-33-18-4-2-13(9-36(18)21)20(23(28,29)30)35-6-5-15(31)10-35;;/h1-4,7-9,15,20H,5-6,10-11,31H2;2*1H/t15?,20-;;/m1../s1. The minimum atomic E-state index is -4.66. The summed E-state index contributed by atoms with van der Waals surface area (Å²) in [5.41, 5.74) is 6.01. The molecule has 39 heavy (non-hydrogen) atoms. The highest BCUT2D eigenvalue weighted by Crippen LogP contribution is 2.39. The van der Waals surface area contributed by atoms with E-state index >= 15 is 0 Å². The van der Waals surface area contributed by atoms with E-state index in [-0.39, 0.29) is 77.6 Å². The number of pyridine rings is 2. The molecule has 0 spiro atoms. The van der Waals surface area contributed by atoms with Crippen molar-refractivity contribution in [1.29, 1.82) is 0 Å². The van der Waals surface area contributed by atoms with Crippen LogP contribution >= 0.6 is 24.8 Å². The van der Waals surface area contributed by atoms with Crippen molar-refractivity contribution in [3.05, 3.63) is 54.0 Å². The maximum absolute atomic E-state index is 14.1. The van der Waals surface area contributed by atoms with Crippen molar-refractivity contribution < 1.29 is 35.5 Å². The van der Waals surface area contributed by atoms with E-state index in [1.54, 1.807) is 0 Å². The normalized spacial score (nSPS) is 17.2. The average molecular weight is 601 g/mol. The Labute approximate surface area is 229 Å². The van der Waals surface area contributed by atoms with Gasteiger partial charge in [-0.2, -0.15) is 26.3 Å². The summed E-state index contributed by atoms with van der Waals surface area (Å²) in [6.45, 7) is -1.39. The first-order valence-electron chi connectivity index (χ1n) is 11.1. The molecule has 4 aromatic rings. The molecule has 2 atom stereocenters. The largest absolute Gasteiger partial charge is 0.482 e. The van der Waals surface area contributed by atoms with Crippen LogP contribution in [0, 0.1) is 5.82 Å². The van der Waals surface area contributed by atoms with Gasteiger partial charge in [0.2, 0.25) is 0 Å². The van der Waals surface area contributed by atoms with Crippen LogP contribution in [0.1, 0.15) is 18.0 Å². The van der Waals surface area contributed by atoms with E-state index in [0.717, 1.165) is 12.1 Å². The van der Waals surface area contributed by atoms with Crippen molar-refractivity contribution in [2.24, 2.45) is 5.73 Å². The highest BCUT2D eigenvalue weighted by atomic mass is 35.5. The van der Waals surface area contributed by atoms with Crippen molar-refractivity contribution in [3.8, 4) is 17.3 Å². The molecule has 0 bridgehead atoms. The van der Waals surface area contributed by atoms with E-state index in [4.69, 9.17) is 10.5 Å². The lowest BCUT2D eigenvalue weighted by atomic mass is 10.1. The third kappa shape index (κ3) is 6.45. The van der Waals surface area contributed by atoms with Crippen LogP contribution < -0.4 is 10.5 Å². The van der Waals surface area contributed by atoms with Crippen molar-refractivity contribution in [1.82, 2.24) is 24.5 Å². The molecule has 1 unspecified atom stereocenters. The number of ether oxygens (including phenoxy) is 1. The van der Waals surface area contributed by atoms with Gasteiger partial charge < -0.3 is 10.5 Å². The Morgan fingerprint density at radius 1 is 1.03 bits per heavy atom. The SMILES string of the molecule is Cl.Cl.NC1CCN([C@H](c2ccc3nnc(-c4ccc5cc(F)cc(OCC(F)(F)F)c5n4)n3c2)C(F)(F)F)C1. The predicted molar refractivity (Wildman–Crippen MR) is 133 cm³/mol. The number of benzene rings is 1. The minimum absolute atomic E-state index is 0. The number of hydrogen-bond donors (Lipinski definition) is 1. The molecule has 5 rings (SSSR count). The summed E-state index contributed by atoms with van der Waals surface area (Å²) in [4.78, 5) is 5.56. The summed E-state index contributed by atoms with van der Waals surface area (Å²) in [5, 5.41) is 8.15. The topological polar surface area (TPSA) is 81.6 Å². The Morgan fingerprint density at radius 3 is 2.41 bits per heavy atom. The lowest BCUT2D eigenvalue weighted by molar-refractivity contribution is -0.183. The van der Waals surface area contributed by atoms with Crippen LogP contribution in [-0.2, 0) is 0 Å². The van der Waals surface area contributed by atoms with Gasteiger partial charge in [0.15, 0.2) is 18.1 Å². The third-order valence-corrected chi connectivity index (χ3v) is 6.01. The van der Waals surface area contributed by atoms with Crippen molar-refractivity contribution in [3.63, 3.8) is 0 Å². The predicted octanol–water partition coefficient (Wildman–Crippen LogP) is 5.50. The first-order chi connectivity index (χ1) is 17.4. The molecule has 212 valence electrons. The Kier molecular flexibility index (Phi) is 8.85. The van der Waals surface area contributed by atoms with Gasteiger partial charge in [-0.3, -0.25) is 9.30 Å². The molecule has 16 heteroatoms. The maximum atomic E-state index is 14.1. The number of alkyl halides is 6. The van der Waals surface area contributed by atoms with E-state index in [0.29, 0.717) is 6.42 Å². The van der Waals surface area contributed by atoms with Gasteiger partial charge in [-0.25, -0.2) is 9.37 Å². The number of nitrogens with two attached hydrogens (primary N) is 1. The Hall–Kier alpha value is -2.94. The van der Waals surface area contributed by atoms with Gasteiger partial charge >= 0.3 is 12.4 Å². The van der Waals surface area contributed by atoms with E-state index in [2.05, 4.69) is 15.2 Å². The van der Waals surface area contributed by atoms with E-state index < -0.39 is 36.6 Å². The van der Waals surface area contributed by atoms with Crippen molar-refractivity contribution in [2.45, 2.75) is 30.9 Å². The van der Waals surface area contributed by atoms with Crippen LogP contribution in [0.3, 0.4) is 0 Å². The summed E-state index contributed by atoms with van der Waals surface area (Å²) < 4.78 is 100. The monoisotopic (exact) mass is 600 g/mol. The molecular formula is C23H21Cl2F7N6O. The molecule has 1 aliphatic heterocycles. The van der Waals surface area contributed by atoms with E-state index in [1.165, 1.54) is 39.8 Å². The summed E-state index contributed by atoms with van der Waals surface area (Å²) in [6.07, 6.45) is -7.55. The van der Waals surface area contributed by atoms with Crippen LogP contribution in [-0.4, -0.2) is 62.6 Å². The second-order valence-electron chi connectivity index (χ2n) is 8.78. The Balaban J connectivity index is 0.00000210. The summed E-state index contributed by atoms with van der Waals surface area (Å²) in [7, 11) is 0. The van der Waals surface area contributed by atoms with Crippen molar-refractivity contribution >= 4 is 41.4 Å². The van der Waals surface area contributed by atoms with Gasteiger partial charge in [-0.1, -0.05) is 12.1 Å². The lowest BCUT2D eigenvalue weighted by Gasteiger charge is -2.30. The summed E-state index contributed by atoms with van der Waals surface area (Å²) in [5.74, 6) is -1.22. The molecule has 0 radical (unpaired) electrons. The molecule has 0 amide bonds. The number of aromatic nitrogens is 4. The smallest absolute Gasteiger partial charge is 0.422 e. The van der Waals surface area contributed by atoms with E-state index in [9.17, 15) is 30.7 Å². The second-order valence-corrected chi connectivity index (χ2v) is 8.78. The molecule has 4 heterocycles. The molecular weight excluding hydrogens is 580 g/mol. The Bertz CT molecular complexity index is 1460. The summed E-state index contributed by atoms with van der Waals surface area (Å²) in [6, 6.07) is 5.09. The van der Waals surface area contributed by atoms with Gasteiger partial charge in [0.1, 0.15) is 28.8 Å². The molecule has 0 saturated carbocycles. The van der Waals surface area contributed by atoms with Crippen LogP contribution in [0.15, 0.2) is 42.6 Å². The number of nitrogens with zero attached hydrogens (tertiary/aromatic N) is 5. The molecule has 1 fully saturated rings. The molecule has 3 aromatic heterocycles. The zero-order valence-electron chi connectivity index (χ0n) is 19.7. The van der Waals surface area contributed by atoms with Gasteiger partial charge in [-0.05, 0) is 30.2 Å². The molecule has 1 aromatic carbocycles. The quantitative estimate of drug-likeness (QED) is 0.304. The van der Waals surface area contributed by atoms with Crippen LogP contribution in [0.4, 0.5) is 30.7 Å². The van der Waals surface area contributed by atoms with Crippen LogP contribution in [0.5, 0.6) is 5.75 Å². The van der Waals surface area contributed by atoms with Gasteiger partial charge in [0.25, 0.3) is 0 Å². The lowest BCUT2D eigenvalue weighted by Crippen LogP contribution is -2.38. The Morgan fingerprint density at radius 2 is 1.77 bits per heavy atom. The van der Waals surface area contributed by atoms with Crippen molar-refractivity contribution in [2.75, 3.05) is 19.7 Å². The van der Waals surface area contributed by atoms with Gasteiger partial charge in [0, 0.05) is 36.8 Å². The first kappa shape index (κ1) is 30.6. The molecule has 0 aliphatic carbocycles. The number of fused-ring (bicyclic) bond motifs is 2. The molecule has 1 saturated heterocycles. The maximum Gasteiger partial charge on any atom is 0.422 e. The van der Waals surface area contributed by atoms with E-state index in [1.807, 2.05) is 0 Å². The average Bonchev–Trinajstić information content (AvgIpc) is 3.41. The third-order valence-electron chi connectivity index (χ3n) is 6.01. The number of likely N-dealkylation sites (tertiary alicyclic amines) is 1. The molecule has 1 aliphatic rings.